The zero-order valence-corrected chi connectivity index (χ0v) is 10.7. The van der Waals surface area contributed by atoms with Gasteiger partial charge in [0.05, 0.1) is 0 Å². The van der Waals surface area contributed by atoms with Crippen molar-refractivity contribution in [3.63, 3.8) is 0 Å². The smallest absolute Gasteiger partial charge is 0.00620 e. The first kappa shape index (κ1) is 11.0. The van der Waals surface area contributed by atoms with Crippen LogP contribution in [0.4, 0.5) is 0 Å². The van der Waals surface area contributed by atoms with Crippen LogP contribution in [0.2, 0.25) is 0 Å². The van der Waals surface area contributed by atoms with Gasteiger partial charge in [0.1, 0.15) is 0 Å². The minimum absolute atomic E-state index is 0.462. The molecular weight excluding hydrogens is 180 g/mol. The van der Waals surface area contributed by atoms with E-state index in [1.165, 1.54) is 37.7 Å². The monoisotopic (exact) mass is 204 g/mol. The van der Waals surface area contributed by atoms with Crippen molar-refractivity contribution in [2.45, 2.75) is 59.8 Å². The molecule has 2 aliphatic rings. The van der Waals surface area contributed by atoms with Gasteiger partial charge in [0.25, 0.3) is 0 Å². The fraction of sp³-hybridized carbons (Fsp3) is 0.733. The number of rotatable bonds is 1. The molecule has 0 aromatic heterocycles. The molecule has 0 saturated heterocycles. The Bertz CT molecular complexity index is 317. The third kappa shape index (κ3) is 1.68. The summed E-state index contributed by atoms with van der Waals surface area (Å²) in [5.74, 6) is 0. The summed E-state index contributed by atoms with van der Waals surface area (Å²) in [5.41, 5.74) is 4.20. The van der Waals surface area contributed by atoms with E-state index in [0.29, 0.717) is 10.8 Å². The largest absolute Gasteiger partial charge is 0.0730 e. The van der Waals surface area contributed by atoms with Crippen LogP contribution < -0.4 is 0 Å². The molecule has 0 heterocycles. The third-order valence-corrected chi connectivity index (χ3v) is 5.04. The van der Waals surface area contributed by atoms with E-state index in [1.807, 2.05) is 0 Å². The van der Waals surface area contributed by atoms with Gasteiger partial charge in [0, 0.05) is 0 Å². The summed E-state index contributed by atoms with van der Waals surface area (Å²) in [6.45, 7) is 9.63. The summed E-state index contributed by atoms with van der Waals surface area (Å²) in [6.07, 6.45) is 11.5. The highest BCUT2D eigenvalue weighted by molar-refractivity contribution is 5.30. The molecule has 0 spiro atoms. The molecule has 1 atom stereocenters. The molecule has 0 bridgehead atoms. The maximum atomic E-state index is 2.49. The highest BCUT2D eigenvalue weighted by Gasteiger charge is 2.46. The molecule has 15 heavy (non-hydrogen) atoms. The summed E-state index contributed by atoms with van der Waals surface area (Å²) < 4.78 is 0. The molecule has 0 aromatic carbocycles. The van der Waals surface area contributed by atoms with Gasteiger partial charge in [-0.3, -0.25) is 0 Å². The van der Waals surface area contributed by atoms with E-state index >= 15 is 0 Å². The van der Waals surface area contributed by atoms with E-state index in [9.17, 15) is 0 Å². The molecule has 1 fully saturated rings. The first-order chi connectivity index (χ1) is 6.96. The van der Waals surface area contributed by atoms with Crippen molar-refractivity contribution in [1.29, 1.82) is 0 Å². The predicted octanol–water partition coefficient (Wildman–Crippen LogP) is 4.87. The molecule has 0 aromatic rings. The SMILES string of the molecule is CC1=CC=C([C@]2(C)CCCC2(C)C)CC1. The van der Waals surface area contributed by atoms with Crippen LogP contribution in [0.5, 0.6) is 0 Å². The zero-order valence-electron chi connectivity index (χ0n) is 10.7. The molecule has 2 aliphatic carbocycles. The fourth-order valence-electron chi connectivity index (χ4n) is 3.29. The Hall–Kier alpha value is -0.520. The topological polar surface area (TPSA) is 0 Å². The number of allylic oxidation sites excluding steroid dienone is 4. The summed E-state index contributed by atoms with van der Waals surface area (Å²) >= 11 is 0. The van der Waals surface area contributed by atoms with Crippen molar-refractivity contribution in [2.75, 3.05) is 0 Å². The van der Waals surface area contributed by atoms with Crippen molar-refractivity contribution in [3.8, 4) is 0 Å². The number of hydrogen-bond donors (Lipinski definition) is 0. The molecule has 0 aliphatic heterocycles. The molecule has 2 rings (SSSR count). The lowest BCUT2D eigenvalue weighted by Gasteiger charge is -2.41. The summed E-state index contributed by atoms with van der Waals surface area (Å²) in [6, 6.07) is 0. The van der Waals surface area contributed by atoms with Gasteiger partial charge in [-0.15, -0.1) is 0 Å². The van der Waals surface area contributed by atoms with Crippen molar-refractivity contribution in [1.82, 2.24) is 0 Å². The van der Waals surface area contributed by atoms with Crippen molar-refractivity contribution in [2.24, 2.45) is 10.8 Å². The lowest BCUT2D eigenvalue weighted by atomic mass is 9.63. The van der Waals surface area contributed by atoms with E-state index in [0.717, 1.165) is 0 Å². The Morgan fingerprint density at radius 1 is 1.00 bits per heavy atom. The van der Waals surface area contributed by atoms with E-state index in [2.05, 4.69) is 39.8 Å². The van der Waals surface area contributed by atoms with Gasteiger partial charge in [-0.05, 0) is 43.4 Å². The van der Waals surface area contributed by atoms with Gasteiger partial charge in [-0.25, -0.2) is 0 Å². The first-order valence-corrected chi connectivity index (χ1v) is 6.32. The predicted molar refractivity (Wildman–Crippen MR) is 66.8 cm³/mol. The summed E-state index contributed by atoms with van der Waals surface area (Å²) in [7, 11) is 0. The van der Waals surface area contributed by atoms with Crippen LogP contribution in [0, 0.1) is 10.8 Å². The zero-order chi connectivity index (χ0) is 11.1. The molecule has 0 unspecified atom stereocenters. The van der Waals surface area contributed by atoms with Crippen LogP contribution in [0.3, 0.4) is 0 Å². The Labute approximate surface area is 94.5 Å². The molecule has 0 N–H and O–H groups in total. The Morgan fingerprint density at radius 3 is 2.20 bits per heavy atom. The molecule has 84 valence electrons. The van der Waals surface area contributed by atoms with Gasteiger partial charge in [-0.2, -0.15) is 0 Å². The van der Waals surface area contributed by atoms with Gasteiger partial charge >= 0.3 is 0 Å². The Balaban J connectivity index is 2.30. The summed E-state index contributed by atoms with van der Waals surface area (Å²) in [4.78, 5) is 0. The molecule has 0 heteroatoms. The average molecular weight is 204 g/mol. The second-order valence-corrected chi connectivity index (χ2v) is 6.27. The van der Waals surface area contributed by atoms with Gasteiger partial charge in [0.15, 0.2) is 0 Å². The Morgan fingerprint density at radius 2 is 1.73 bits per heavy atom. The van der Waals surface area contributed by atoms with E-state index in [-0.39, 0.29) is 0 Å². The highest BCUT2D eigenvalue weighted by atomic mass is 14.5. The molecule has 0 amide bonds. The van der Waals surface area contributed by atoms with Gasteiger partial charge in [0.2, 0.25) is 0 Å². The van der Waals surface area contributed by atoms with Crippen molar-refractivity contribution >= 4 is 0 Å². The van der Waals surface area contributed by atoms with Crippen LogP contribution in [0.1, 0.15) is 59.8 Å². The van der Waals surface area contributed by atoms with Crippen molar-refractivity contribution < 1.29 is 0 Å². The lowest BCUT2D eigenvalue weighted by Crippen LogP contribution is -2.32. The third-order valence-electron chi connectivity index (χ3n) is 5.04. The molecule has 0 radical (unpaired) electrons. The van der Waals surface area contributed by atoms with E-state index in [1.54, 1.807) is 5.57 Å². The quantitative estimate of drug-likeness (QED) is 0.571. The normalized spacial score (nSPS) is 34.9. The lowest BCUT2D eigenvalue weighted by molar-refractivity contribution is 0.172. The second-order valence-electron chi connectivity index (χ2n) is 6.27. The fourth-order valence-corrected chi connectivity index (χ4v) is 3.29. The summed E-state index contributed by atoms with van der Waals surface area (Å²) in [5, 5.41) is 0. The highest BCUT2D eigenvalue weighted by Crippen LogP contribution is 2.57. The van der Waals surface area contributed by atoms with Crippen molar-refractivity contribution in [3.05, 3.63) is 23.3 Å². The minimum Gasteiger partial charge on any atom is -0.0730 e. The average Bonchev–Trinajstić information content (AvgIpc) is 2.43. The first-order valence-electron chi connectivity index (χ1n) is 6.32. The van der Waals surface area contributed by atoms with E-state index < -0.39 is 0 Å². The molecule has 0 nitrogen and oxygen atoms in total. The second kappa shape index (κ2) is 3.50. The van der Waals surface area contributed by atoms with Crippen LogP contribution in [0.25, 0.3) is 0 Å². The van der Waals surface area contributed by atoms with Crippen LogP contribution >= 0.6 is 0 Å². The minimum atomic E-state index is 0.462. The van der Waals surface area contributed by atoms with E-state index in [4.69, 9.17) is 0 Å². The molecule has 1 saturated carbocycles. The molecular formula is C15H24. The van der Waals surface area contributed by atoms with Crippen LogP contribution in [-0.2, 0) is 0 Å². The van der Waals surface area contributed by atoms with Gasteiger partial charge < -0.3 is 0 Å². The van der Waals surface area contributed by atoms with Gasteiger partial charge in [-0.1, -0.05) is 50.5 Å². The Kier molecular flexibility index (Phi) is 2.56. The van der Waals surface area contributed by atoms with Crippen LogP contribution in [0.15, 0.2) is 23.3 Å². The maximum Gasteiger partial charge on any atom is -0.00620 e. The number of hydrogen-bond acceptors (Lipinski definition) is 0. The maximum absolute atomic E-state index is 2.49. The standard InChI is InChI=1S/C15H24/c1-12-6-8-13(9-7-12)15(4)11-5-10-14(15,2)3/h6,8H,5,7,9-11H2,1-4H3/t15-/m0/s1. The van der Waals surface area contributed by atoms with Crippen LogP contribution in [-0.4, -0.2) is 0 Å².